The van der Waals surface area contributed by atoms with Crippen molar-refractivity contribution in [3.8, 4) is 28.0 Å². The molecule has 0 aliphatic rings. The van der Waals surface area contributed by atoms with Crippen LogP contribution in [0, 0.1) is 0 Å². The van der Waals surface area contributed by atoms with Gasteiger partial charge in [-0.1, -0.05) is 19.1 Å². The van der Waals surface area contributed by atoms with E-state index in [4.69, 9.17) is 9.47 Å². The fourth-order valence-electron chi connectivity index (χ4n) is 3.46. The first-order valence-electron chi connectivity index (χ1n) is 10.8. The summed E-state index contributed by atoms with van der Waals surface area (Å²) in [6.07, 6.45) is 2.81. The lowest BCUT2D eigenvalue weighted by Crippen LogP contribution is -2.10. The van der Waals surface area contributed by atoms with Gasteiger partial charge in [0.15, 0.2) is 0 Å². The number of aromatic nitrogens is 1. The van der Waals surface area contributed by atoms with Gasteiger partial charge in [0.2, 0.25) is 0 Å². The van der Waals surface area contributed by atoms with Crippen molar-refractivity contribution in [3.05, 3.63) is 60.3 Å². The summed E-state index contributed by atoms with van der Waals surface area (Å²) in [5, 5.41) is 6.64. The van der Waals surface area contributed by atoms with Gasteiger partial charge in [-0.2, -0.15) is 0 Å². The second-order valence-electron chi connectivity index (χ2n) is 7.82. The third-order valence-electron chi connectivity index (χ3n) is 5.03. The lowest BCUT2D eigenvalue weighted by molar-refractivity contribution is 0.0601. The van der Waals surface area contributed by atoms with Crippen molar-refractivity contribution in [1.82, 2.24) is 4.98 Å². The molecule has 6 heteroatoms. The molecule has 0 aliphatic carbocycles. The average Bonchev–Trinajstić information content (AvgIpc) is 2.82. The third-order valence-corrected chi connectivity index (χ3v) is 5.03. The SMILES string of the molecule is CCCNc1ccc(-c2cc(C(=O)OC)c(-c3ccc(NC(C)C)nc3)cc2OC)cc1. The van der Waals surface area contributed by atoms with Crippen LogP contribution in [-0.2, 0) is 4.74 Å². The molecule has 0 radical (unpaired) electrons. The maximum atomic E-state index is 12.7. The van der Waals surface area contributed by atoms with Gasteiger partial charge in [0.05, 0.1) is 19.8 Å². The topological polar surface area (TPSA) is 72.5 Å². The number of ether oxygens (including phenoxy) is 2. The van der Waals surface area contributed by atoms with Crippen LogP contribution in [0.3, 0.4) is 0 Å². The molecule has 0 fully saturated rings. The van der Waals surface area contributed by atoms with Gasteiger partial charge >= 0.3 is 5.97 Å². The van der Waals surface area contributed by atoms with Crippen molar-refractivity contribution in [3.63, 3.8) is 0 Å². The molecule has 0 amide bonds. The van der Waals surface area contributed by atoms with Crippen LogP contribution in [-0.4, -0.2) is 37.8 Å². The van der Waals surface area contributed by atoms with Crippen molar-refractivity contribution >= 4 is 17.5 Å². The van der Waals surface area contributed by atoms with Crippen LogP contribution in [0.15, 0.2) is 54.7 Å². The molecular formula is C26H31N3O3. The fourth-order valence-corrected chi connectivity index (χ4v) is 3.46. The highest BCUT2D eigenvalue weighted by atomic mass is 16.5. The Kier molecular flexibility index (Phi) is 7.71. The van der Waals surface area contributed by atoms with E-state index in [-0.39, 0.29) is 6.04 Å². The van der Waals surface area contributed by atoms with Crippen molar-refractivity contribution in [2.45, 2.75) is 33.2 Å². The number of carbonyl (C=O) groups excluding carboxylic acids is 1. The van der Waals surface area contributed by atoms with Crippen LogP contribution in [0.1, 0.15) is 37.6 Å². The number of anilines is 2. The standard InChI is InChI=1S/C26H31N3O3/c1-6-13-27-20-10-7-18(8-11-20)22-14-23(26(30)32-5)21(15-24(22)31-4)19-9-12-25(28-16-19)29-17(2)3/h7-12,14-17,27H,6,13H2,1-5H3,(H,28,29). The van der Waals surface area contributed by atoms with Gasteiger partial charge in [0, 0.05) is 41.2 Å². The molecule has 0 aliphatic heterocycles. The van der Waals surface area contributed by atoms with E-state index < -0.39 is 5.97 Å². The van der Waals surface area contributed by atoms with E-state index in [0.717, 1.165) is 41.2 Å². The first-order chi connectivity index (χ1) is 15.5. The summed E-state index contributed by atoms with van der Waals surface area (Å²) < 4.78 is 10.8. The summed E-state index contributed by atoms with van der Waals surface area (Å²) in [7, 11) is 3.02. The molecule has 0 atom stereocenters. The summed E-state index contributed by atoms with van der Waals surface area (Å²) in [5.41, 5.74) is 4.81. The normalized spacial score (nSPS) is 10.7. The lowest BCUT2D eigenvalue weighted by Gasteiger charge is -2.16. The first-order valence-corrected chi connectivity index (χ1v) is 10.8. The van der Waals surface area contributed by atoms with E-state index in [1.807, 2.05) is 48.5 Å². The van der Waals surface area contributed by atoms with E-state index in [1.54, 1.807) is 13.3 Å². The molecule has 32 heavy (non-hydrogen) atoms. The molecule has 0 unspecified atom stereocenters. The molecule has 2 aromatic carbocycles. The van der Waals surface area contributed by atoms with Crippen LogP contribution >= 0.6 is 0 Å². The van der Waals surface area contributed by atoms with Gasteiger partial charge < -0.3 is 20.1 Å². The first kappa shape index (κ1) is 23.1. The summed E-state index contributed by atoms with van der Waals surface area (Å²) >= 11 is 0. The van der Waals surface area contributed by atoms with E-state index in [1.165, 1.54) is 7.11 Å². The van der Waals surface area contributed by atoms with Crippen molar-refractivity contribution < 1.29 is 14.3 Å². The monoisotopic (exact) mass is 433 g/mol. The Morgan fingerprint density at radius 1 is 1.00 bits per heavy atom. The molecule has 1 heterocycles. The van der Waals surface area contributed by atoms with Gasteiger partial charge in [-0.05, 0) is 62.2 Å². The molecule has 0 saturated heterocycles. The maximum absolute atomic E-state index is 12.7. The minimum Gasteiger partial charge on any atom is -0.496 e. The van der Waals surface area contributed by atoms with Gasteiger partial charge in [-0.25, -0.2) is 9.78 Å². The third kappa shape index (κ3) is 5.38. The van der Waals surface area contributed by atoms with E-state index >= 15 is 0 Å². The quantitative estimate of drug-likeness (QED) is 0.412. The summed E-state index contributed by atoms with van der Waals surface area (Å²) in [5.74, 6) is 1.05. The molecular weight excluding hydrogens is 402 g/mol. The molecule has 168 valence electrons. The summed E-state index contributed by atoms with van der Waals surface area (Å²) in [6.45, 7) is 7.16. The van der Waals surface area contributed by atoms with Gasteiger partial charge in [0.1, 0.15) is 11.6 Å². The molecule has 3 rings (SSSR count). The number of benzene rings is 2. The average molecular weight is 434 g/mol. The number of nitrogens with zero attached hydrogens (tertiary/aromatic N) is 1. The van der Waals surface area contributed by atoms with Crippen LogP contribution in [0.5, 0.6) is 5.75 Å². The highest BCUT2D eigenvalue weighted by Gasteiger charge is 2.19. The number of nitrogens with one attached hydrogen (secondary N) is 2. The summed E-state index contributed by atoms with van der Waals surface area (Å²) in [4.78, 5) is 17.2. The van der Waals surface area contributed by atoms with E-state index in [0.29, 0.717) is 16.9 Å². The van der Waals surface area contributed by atoms with Crippen LogP contribution in [0.2, 0.25) is 0 Å². The van der Waals surface area contributed by atoms with E-state index in [2.05, 4.69) is 36.4 Å². The number of rotatable bonds is 9. The molecule has 2 N–H and O–H groups in total. The second kappa shape index (κ2) is 10.7. The maximum Gasteiger partial charge on any atom is 0.338 e. The van der Waals surface area contributed by atoms with Gasteiger partial charge in [-0.15, -0.1) is 0 Å². The predicted molar refractivity (Wildman–Crippen MR) is 131 cm³/mol. The number of hydrogen-bond donors (Lipinski definition) is 2. The summed E-state index contributed by atoms with van der Waals surface area (Å²) in [6, 6.07) is 15.9. The molecule has 0 saturated carbocycles. The van der Waals surface area contributed by atoms with Crippen LogP contribution in [0.4, 0.5) is 11.5 Å². The zero-order valence-corrected chi connectivity index (χ0v) is 19.4. The molecule has 0 spiro atoms. The highest BCUT2D eigenvalue weighted by molar-refractivity contribution is 6.00. The van der Waals surface area contributed by atoms with E-state index in [9.17, 15) is 4.79 Å². The highest BCUT2D eigenvalue weighted by Crippen LogP contribution is 2.37. The Labute approximate surface area is 190 Å². The Morgan fingerprint density at radius 2 is 1.72 bits per heavy atom. The number of esters is 1. The van der Waals surface area contributed by atoms with Crippen LogP contribution in [0.25, 0.3) is 22.3 Å². The zero-order chi connectivity index (χ0) is 23.1. The van der Waals surface area contributed by atoms with Crippen LogP contribution < -0.4 is 15.4 Å². The fraction of sp³-hybridized carbons (Fsp3) is 0.308. The number of methoxy groups -OCH3 is 2. The molecule has 3 aromatic rings. The Morgan fingerprint density at radius 3 is 2.28 bits per heavy atom. The molecule has 0 bridgehead atoms. The number of hydrogen-bond acceptors (Lipinski definition) is 6. The smallest absolute Gasteiger partial charge is 0.338 e. The minimum absolute atomic E-state index is 0.280. The number of carbonyl (C=O) groups is 1. The Bertz CT molecular complexity index is 1050. The zero-order valence-electron chi connectivity index (χ0n) is 19.4. The van der Waals surface area contributed by atoms with Gasteiger partial charge in [-0.3, -0.25) is 0 Å². The molecule has 1 aromatic heterocycles. The number of pyridine rings is 1. The largest absolute Gasteiger partial charge is 0.496 e. The van der Waals surface area contributed by atoms with Gasteiger partial charge in [0.25, 0.3) is 0 Å². The Balaban J connectivity index is 2.05. The van der Waals surface area contributed by atoms with Crippen molar-refractivity contribution in [2.75, 3.05) is 31.4 Å². The Hall–Kier alpha value is -3.54. The molecule has 6 nitrogen and oxygen atoms in total. The van der Waals surface area contributed by atoms with Crippen molar-refractivity contribution in [2.24, 2.45) is 0 Å². The minimum atomic E-state index is -0.408. The lowest BCUT2D eigenvalue weighted by atomic mass is 9.94. The second-order valence-corrected chi connectivity index (χ2v) is 7.82. The predicted octanol–water partition coefficient (Wildman–Crippen LogP) is 5.85. The van der Waals surface area contributed by atoms with Crippen molar-refractivity contribution in [1.29, 1.82) is 0 Å².